The van der Waals surface area contributed by atoms with E-state index in [0.29, 0.717) is 6.42 Å². The van der Waals surface area contributed by atoms with E-state index in [2.05, 4.69) is 24.4 Å². The van der Waals surface area contributed by atoms with Gasteiger partial charge in [-0.05, 0) is 59.2 Å². The van der Waals surface area contributed by atoms with Gasteiger partial charge in [0, 0.05) is 0 Å². The smallest absolute Gasteiger partial charge is 0.339 e. The fourth-order valence-electron chi connectivity index (χ4n) is 3.87. The number of allylic oxidation sites excluding steroid dienone is 2. The Morgan fingerprint density at radius 1 is 0.793 bits per heavy atom. The first kappa shape index (κ1) is 28.1. The van der Waals surface area contributed by atoms with Crippen molar-refractivity contribution in [1.29, 1.82) is 0 Å². The van der Waals surface area contributed by atoms with Crippen LogP contribution < -0.4 is 5.32 Å². The van der Waals surface area contributed by atoms with E-state index in [4.69, 9.17) is 0 Å². The van der Waals surface area contributed by atoms with Crippen LogP contribution in [-0.4, -0.2) is 42.3 Å². The van der Waals surface area contributed by atoms with Gasteiger partial charge in [0.25, 0.3) is 0 Å². The van der Waals surface area contributed by atoms with Crippen molar-refractivity contribution in [2.75, 3.05) is 20.6 Å². The van der Waals surface area contributed by atoms with Crippen molar-refractivity contribution in [2.24, 2.45) is 0 Å². The van der Waals surface area contributed by atoms with Gasteiger partial charge in [-0.15, -0.1) is 0 Å². The van der Waals surface area contributed by atoms with E-state index in [1.807, 2.05) is 21.0 Å². The standard InChI is InChI=1S/C25H50N2O2/c1-5-7-8-9-10-11-12-13-14-15-16-17-18-19-20-21-23-26-25(22-6-2,24(28)29)27(3)4/h13-14,26H,5-12,15-23H2,1-4H3,(H,28,29)/b14-13-. The lowest BCUT2D eigenvalue weighted by Gasteiger charge is -2.36. The largest absolute Gasteiger partial charge is 0.479 e. The first-order valence-corrected chi connectivity index (χ1v) is 12.3. The third-order valence-corrected chi connectivity index (χ3v) is 5.84. The van der Waals surface area contributed by atoms with Gasteiger partial charge < -0.3 is 5.11 Å². The van der Waals surface area contributed by atoms with E-state index >= 15 is 0 Å². The van der Waals surface area contributed by atoms with Gasteiger partial charge in [0.15, 0.2) is 5.66 Å². The average Bonchev–Trinajstić information content (AvgIpc) is 2.69. The molecule has 0 aromatic rings. The quantitative estimate of drug-likeness (QED) is 0.125. The summed E-state index contributed by atoms with van der Waals surface area (Å²) in [6, 6.07) is 0. The van der Waals surface area contributed by atoms with Crippen molar-refractivity contribution in [3.8, 4) is 0 Å². The number of nitrogens with zero attached hydrogens (tertiary/aromatic N) is 1. The molecule has 0 aliphatic rings. The van der Waals surface area contributed by atoms with Crippen LogP contribution in [0, 0.1) is 0 Å². The zero-order valence-corrected chi connectivity index (χ0v) is 20.0. The van der Waals surface area contributed by atoms with E-state index in [1.165, 1.54) is 83.5 Å². The second-order valence-electron chi connectivity index (χ2n) is 8.67. The van der Waals surface area contributed by atoms with Crippen LogP contribution in [-0.2, 0) is 4.79 Å². The number of rotatable bonds is 21. The number of hydrogen-bond acceptors (Lipinski definition) is 3. The summed E-state index contributed by atoms with van der Waals surface area (Å²) in [7, 11) is 3.69. The maximum atomic E-state index is 11.7. The molecule has 0 heterocycles. The van der Waals surface area contributed by atoms with Gasteiger partial charge in [-0.25, -0.2) is 4.79 Å². The lowest BCUT2D eigenvalue weighted by Crippen LogP contribution is -2.61. The molecule has 4 nitrogen and oxygen atoms in total. The van der Waals surface area contributed by atoms with Crippen molar-refractivity contribution >= 4 is 5.97 Å². The number of carboxylic acids is 1. The molecular formula is C25H50N2O2. The summed E-state index contributed by atoms with van der Waals surface area (Å²) in [5.41, 5.74) is -0.920. The number of carbonyl (C=O) groups is 1. The molecule has 0 fully saturated rings. The second kappa shape index (κ2) is 19.1. The van der Waals surface area contributed by atoms with E-state index in [-0.39, 0.29) is 0 Å². The third-order valence-electron chi connectivity index (χ3n) is 5.84. The number of carboxylic acid groups (broad SMARTS) is 1. The molecule has 0 aromatic carbocycles. The summed E-state index contributed by atoms with van der Waals surface area (Å²) in [6.45, 7) is 5.07. The molecule has 172 valence electrons. The molecule has 0 radical (unpaired) electrons. The van der Waals surface area contributed by atoms with Gasteiger partial charge in [0.1, 0.15) is 0 Å². The molecule has 0 bridgehead atoms. The monoisotopic (exact) mass is 410 g/mol. The summed E-state index contributed by atoms with van der Waals surface area (Å²) in [5, 5.41) is 13.0. The van der Waals surface area contributed by atoms with Crippen molar-refractivity contribution < 1.29 is 9.90 Å². The highest BCUT2D eigenvalue weighted by Crippen LogP contribution is 2.17. The molecule has 0 rings (SSSR count). The van der Waals surface area contributed by atoms with Crippen LogP contribution in [0.5, 0.6) is 0 Å². The van der Waals surface area contributed by atoms with Crippen molar-refractivity contribution in [1.82, 2.24) is 10.2 Å². The van der Waals surface area contributed by atoms with Gasteiger partial charge in [-0.1, -0.05) is 90.2 Å². The highest BCUT2D eigenvalue weighted by atomic mass is 16.4. The molecule has 29 heavy (non-hydrogen) atoms. The average molecular weight is 411 g/mol. The normalized spacial score (nSPS) is 14.0. The lowest BCUT2D eigenvalue weighted by atomic mass is 10.0. The van der Waals surface area contributed by atoms with Gasteiger partial charge >= 0.3 is 5.97 Å². The van der Waals surface area contributed by atoms with Crippen molar-refractivity contribution in [3.05, 3.63) is 12.2 Å². The highest BCUT2D eigenvalue weighted by Gasteiger charge is 2.39. The Morgan fingerprint density at radius 3 is 1.72 bits per heavy atom. The summed E-state index contributed by atoms with van der Waals surface area (Å²) >= 11 is 0. The molecule has 0 amide bonds. The molecule has 1 unspecified atom stereocenters. The SMILES string of the molecule is CCCCCCCC/C=C\CCCCCCCCNC(CCC)(C(=O)O)N(C)C. The highest BCUT2D eigenvalue weighted by molar-refractivity contribution is 5.78. The van der Waals surface area contributed by atoms with Crippen LogP contribution in [0.1, 0.15) is 117 Å². The summed E-state index contributed by atoms with van der Waals surface area (Å²) in [6.07, 6.45) is 24.3. The Balaban J connectivity index is 3.59. The van der Waals surface area contributed by atoms with Gasteiger partial charge in [0.2, 0.25) is 0 Å². The minimum Gasteiger partial charge on any atom is -0.479 e. The number of hydrogen-bond donors (Lipinski definition) is 2. The van der Waals surface area contributed by atoms with Crippen LogP contribution in [0.3, 0.4) is 0 Å². The maximum Gasteiger partial charge on any atom is 0.339 e. The Hall–Kier alpha value is -0.870. The molecule has 0 spiro atoms. The van der Waals surface area contributed by atoms with Crippen LogP contribution in [0.25, 0.3) is 0 Å². The molecule has 1 atom stereocenters. The van der Waals surface area contributed by atoms with E-state index in [0.717, 1.165) is 19.4 Å². The molecule has 2 N–H and O–H groups in total. The molecule has 0 aliphatic carbocycles. The molecule has 0 aliphatic heterocycles. The summed E-state index contributed by atoms with van der Waals surface area (Å²) < 4.78 is 0. The topological polar surface area (TPSA) is 52.6 Å². The Kier molecular flexibility index (Phi) is 18.5. The molecule has 4 heteroatoms. The minimum atomic E-state index is -0.920. The fraction of sp³-hybridized carbons (Fsp3) is 0.880. The number of nitrogens with one attached hydrogen (secondary N) is 1. The second-order valence-corrected chi connectivity index (χ2v) is 8.67. The first-order chi connectivity index (χ1) is 14.0. The predicted molar refractivity (Wildman–Crippen MR) is 126 cm³/mol. The Morgan fingerprint density at radius 2 is 1.28 bits per heavy atom. The number of likely N-dealkylation sites (N-methyl/N-ethyl adjacent to an activating group) is 1. The van der Waals surface area contributed by atoms with Crippen LogP contribution in [0.15, 0.2) is 12.2 Å². The van der Waals surface area contributed by atoms with Gasteiger partial charge in [0.05, 0.1) is 0 Å². The zero-order chi connectivity index (χ0) is 21.8. The Labute approximate surface area is 181 Å². The Bertz CT molecular complexity index is 410. The fourth-order valence-corrected chi connectivity index (χ4v) is 3.87. The summed E-state index contributed by atoms with van der Waals surface area (Å²) in [5.74, 6) is -0.770. The maximum absolute atomic E-state index is 11.7. The number of unbranched alkanes of at least 4 members (excludes halogenated alkanes) is 12. The molecule has 0 aromatic heterocycles. The zero-order valence-electron chi connectivity index (χ0n) is 20.0. The van der Waals surface area contributed by atoms with E-state index < -0.39 is 11.6 Å². The molecular weight excluding hydrogens is 360 g/mol. The van der Waals surface area contributed by atoms with Crippen LogP contribution in [0.2, 0.25) is 0 Å². The van der Waals surface area contributed by atoms with Crippen molar-refractivity contribution in [3.63, 3.8) is 0 Å². The molecule has 0 saturated carbocycles. The van der Waals surface area contributed by atoms with Crippen LogP contribution >= 0.6 is 0 Å². The first-order valence-electron chi connectivity index (χ1n) is 12.3. The van der Waals surface area contributed by atoms with Gasteiger partial charge in [-0.3, -0.25) is 10.2 Å². The van der Waals surface area contributed by atoms with E-state index in [1.54, 1.807) is 4.90 Å². The van der Waals surface area contributed by atoms with E-state index in [9.17, 15) is 9.90 Å². The summed E-state index contributed by atoms with van der Waals surface area (Å²) in [4.78, 5) is 13.6. The van der Waals surface area contributed by atoms with Gasteiger partial charge in [-0.2, -0.15) is 0 Å². The van der Waals surface area contributed by atoms with Crippen LogP contribution in [0.4, 0.5) is 0 Å². The lowest BCUT2D eigenvalue weighted by molar-refractivity contribution is -0.153. The third kappa shape index (κ3) is 13.9. The predicted octanol–water partition coefficient (Wildman–Crippen LogP) is 6.76. The molecule has 0 saturated heterocycles. The minimum absolute atomic E-state index is 0.627. The van der Waals surface area contributed by atoms with Crippen molar-refractivity contribution in [2.45, 2.75) is 122 Å². The number of aliphatic carboxylic acids is 1.